The molecule has 0 radical (unpaired) electrons. The molecule has 0 aliphatic carbocycles. The van der Waals surface area contributed by atoms with Gasteiger partial charge >= 0.3 is 0 Å². The van der Waals surface area contributed by atoms with Crippen LogP contribution >= 0.6 is 35.1 Å². The minimum Gasteiger partial charge on any atom is -0.258 e. The Morgan fingerprint density at radius 1 is 0.913 bits per heavy atom. The van der Waals surface area contributed by atoms with Crippen molar-refractivity contribution in [3.8, 4) is 0 Å². The first-order valence-electron chi connectivity index (χ1n) is 6.42. The van der Waals surface area contributed by atoms with Crippen LogP contribution in [-0.2, 0) is 0 Å². The van der Waals surface area contributed by atoms with Gasteiger partial charge in [0.15, 0.2) is 0 Å². The van der Waals surface area contributed by atoms with E-state index in [-0.39, 0.29) is 16.4 Å². The molecule has 0 amide bonds. The molecule has 1 heterocycles. The number of hydrogen-bond donors (Lipinski definition) is 0. The number of fused-ring (bicyclic) bond motifs is 2. The van der Waals surface area contributed by atoms with Gasteiger partial charge in [-0.1, -0.05) is 41.2 Å². The molecule has 1 aliphatic heterocycles. The summed E-state index contributed by atoms with van der Waals surface area (Å²) in [6.45, 7) is 3.58. The van der Waals surface area contributed by atoms with Crippen LogP contribution in [0.25, 0.3) is 0 Å². The Hall–Kier alpha value is -1.77. The topological polar surface area (TPSA) is 86.3 Å². The molecule has 3 rings (SSSR count). The second-order valence-corrected chi connectivity index (χ2v) is 7.39. The molecule has 0 N–H and O–H groups in total. The fourth-order valence-corrected chi connectivity index (χ4v) is 5.30. The van der Waals surface area contributed by atoms with Crippen LogP contribution in [0.3, 0.4) is 0 Å². The maximum atomic E-state index is 11.3. The van der Waals surface area contributed by atoms with Crippen LogP contribution in [0, 0.1) is 34.1 Å². The molecule has 0 fully saturated rings. The van der Waals surface area contributed by atoms with Crippen LogP contribution in [0.15, 0.2) is 37.8 Å². The first kappa shape index (κ1) is 16.1. The molecule has 1 aliphatic rings. The minimum absolute atomic E-state index is 0.00391. The van der Waals surface area contributed by atoms with Crippen molar-refractivity contribution < 1.29 is 9.85 Å². The highest BCUT2D eigenvalue weighted by Crippen LogP contribution is 2.57. The van der Waals surface area contributed by atoms with Gasteiger partial charge < -0.3 is 0 Å². The van der Waals surface area contributed by atoms with Crippen molar-refractivity contribution in [3.05, 3.63) is 54.6 Å². The van der Waals surface area contributed by atoms with E-state index in [9.17, 15) is 20.2 Å². The lowest BCUT2D eigenvalue weighted by atomic mass is 10.2. The summed E-state index contributed by atoms with van der Waals surface area (Å²) in [4.78, 5) is 24.0. The summed E-state index contributed by atoms with van der Waals surface area (Å²) in [6.07, 6.45) is 0. The molecular formula is C14H9ClN2O4S2. The van der Waals surface area contributed by atoms with Crippen LogP contribution in [0.4, 0.5) is 11.4 Å². The third kappa shape index (κ3) is 2.56. The van der Waals surface area contributed by atoms with Gasteiger partial charge in [0, 0.05) is 21.9 Å². The molecule has 6 nitrogen and oxygen atoms in total. The molecule has 0 spiro atoms. The van der Waals surface area contributed by atoms with Gasteiger partial charge in [-0.2, -0.15) is 0 Å². The average Bonchev–Trinajstić information content (AvgIpc) is 2.49. The van der Waals surface area contributed by atoms with Crippen LogP contribution < -0.4 is 0 Å². The highest BCUT2D eigenvalue weighted by atomic mass is 35.5. The zero-order chi connectivity index (χ0) is 16.9. The second kappa shape index (κ2) is 5.70. The van der Waals surface area contributed by atoms with Gasteiger partial charge in [0.05, 0.1) is 14.9 Å². The van der Waals surface area contributed by atoms with Crippen molar-refractivity contribution >= 4 is 46.5 Å². The maximum absolute atomic E-state index is 11.3. The van der Waals surface area contributed by atoms with Gasteiger partial charge in [-0.15, -0.1) is 0 Å². The fourth-order valence-electron chi connectivity index (χ4n) is 2.27. The summed E-state index contributed by atoms with van der Waals surface area (Å²) < 4.78 is 0. The van der Waals surface area contributed by atoms with Crippen LogP contribution in [-0.4, -0.2) is 9.85 Å². The summed E-state index contributed by atoms with van der Waals surface area (Å²) in [5.41, 5.74) is 1.45. The standard InChI is InChI=1S/C14H9ClN2O4S2/c1-6-3-4-9(16(18)19)13-11(6)22-14-10(17(20)21)5-8(15)7(2)12(14)23-13/h3-5H,1-2H3. The number of rotatable bonds is 2. The first-order chi connectivity index (χ1) is 10.8. The zero-order valence-corrected chi connectivity index (χ0v) is 14.3. The molecule has 0 unspecified atom stereocenters. The number of hydrogen-bond acceptors (Lipinski definition) is 6. The molecule has 0 aromatic heterocycles. The normalized spacial score (nSPS) is 12.5. The Labute approximate surface area is 144 Å². The first-order valence-corrected chi connectivity index (χ1v) is 8.43. The molecule has 2 aromatic rings. The van der Waals surface area contributed by atoms with Gasteiger partial charge in [0.2, 0.25) is 0 Å². The van der Waals surface area contributed by atoms with E-state index in [1.807, 2.05) is 6.92 Å². The third-order valence-corrected chi connectivity index (χ3v) is 6.82. The van der Waals surface area contributed by atoms with Crippen LogP contribution in [0.5, 0.6) is 0 Å². The zero-order valence-electron chi connectivity index (χ0n) is 12.0. The predicted molar refractivity (Wildman–Crippen MR) is 88.9 cm³/mol. The second-order valence-electron chi connectivity index (χ2n) is 4.94. The SMILES string of the molecule is Cc1ccc([N+](=O)[O-])c2c1Sc1c([N+](=O)[O-])cc(Cl)c(C)c1S2. The van der Waals surface area contributed by atoms with E-state index in [0.29, 0.717) is 25.1 Å². The molecule has 0 saturated carbocycles. The monoisotopic (exact) mass is 368 g/mol. The largest absolute Gasteiger partial charge is 0.285 e. The van der Waals surface area contributed by atoms with E-state index in [2.05, 4.69) is 0 Å². The van der Waals surface area contributed by atoms with Crippen molar-refractivity contribution in [2.24, 2.45) is 0 Å². The lowest BCUT2D eigenvalue weighted by Crippen LogP contribution is -2.02. The maximum Gasteiger partial charge on any atom is 0.285 e. The summed E-state index contributed by atoms with van der Waals surface area (Å²) >= 11 is 8.46. The lowest BCUT2D eigenvalue weighted by Gasteiger charge is -2.21. The highest BCUT2D eigenvalue weighted by Gasteiger charge is 2.33. The number of nitrogens with zero attached hydrogens (tertiary/aromatic N) is 2. The van der Waals surface area contributed by atoms with Crippen molar-refractivity contribution in [2.75, 3.05) is 0 Å². The van der Waals surface area contributed by atoms with E-state index >= 15 is 0 Å². The van der Waals surface area contributed by atoms with Gasteiger partial charge in [-0.25, -0.2) is 0 Å². The summed E-state index contributed by atoms with van der Waals surface area (Å²) in [5.74, 6) is 0. The third-order valence-electron chi connectivity index (χ3n) is 3.49. The Kier molecular flexibility index (Phi) is 3.99. The van der Waals surface area contributed by atoms with Crippen molar-refractivity contribution in [2.45, 2.75) is 33.4 Å². The summed E-state index contributed by atoms with van der Waals surface area (Å²) in [7, 11) is 0. The van der Waals surface area contributed by atoms with E-state index in [1.165, 1.54) is 35.7 Å². The average molecular weight is 369 g/mol. The molecule has 0 atom stereocenters. The van der Waals surface area contributed by atoms with E-state index in [0.717, 1.165) is 5.56 Å². The molecule has 0 saturated heterocycles. The molecule has 2 aromatic carbocycles. The summed E-state index contributed by atoms with van der Waals surface area (Å²) in [5, 5.41) is 22.9. The van der Waals surface area contributed by atoms with Crippen LogP contribution in [0.2, 0.25) is 5.02 Å². The predicted octanol–water partition coefficient (Wildman–Crippen LogP) is 5.39. The van der Waals surface area contributed by atoms with E-state index in [4.69, 9.17) is 11.6 Å². The van der Waals surface area contributed by atoms with E-state index in [1.54, 1.807) is 13.0 Å². The van der Waals surface area contributed by atoms with Gasteiger partial charge in [0.1, 0.15) is 9.79 Å². The van der Waals surface area contributed by atoms with Crippen LogP contribution in [0.1, 0.15) is 11.1 Å². The number of benzene rings is 2. The molecule has 0 bridgehead atoms. The number of aryl methyl sites for hydroxylation is 1. The van der Waals surface area contributed by atoms with Gasteiger partial charge in [0.25, 0.3) is 11.4 Å². The number of halogens is 1. The number of nitro benzene ring substituents is 2. The lowest BCUT2D eigenvalue weighted by molar-refractivity contribution is -0.388. The van der Waals surface area contributed by atoms with Gasteiger partial charge in [-0.05, 0) is 25.0 Å². The Bertz CT molecular complexity index is 886. The Morgan fingerprint density at radius 3 is 2.09 bits per heavy atom. The summed E-state index contributed by atoms with van der Waals surface area (Å²) in [6, 6.07) is 4.45. The fraction of sp³-hybridized carbons (Fsp3) is 0.143. The Morgan fingerprint density at radius 2 is 1.48 bits per heavy atom. The molecule has 9 heteroatoms. The van der Waals surface area contributed by atoms with E-state index < -0.39 is 9.85 Å². The molecular weight excluding hydrogens is 360 g/mol. The van der Waals surface area contributed by atoms with Crippen molar-refractivity contribution in [1.29, 1.82) is 0 Å². The quantitative estimate of drug-likeness (QED) is 0.445. The number of nitro groups is 2. The van der Waals surface area contributed by atoms with Crippen molar-refractivity contribution in [1.82, 2.24) is 0 Å². The Balaban J connectivity index is 2.29. The smallest absolute Gasteiger partial charge is 0.258 e. The van der Waals surface area contributed by atoms with Crippen molar-refractivity contribution in [3.63, 3.8) is 0 Å². The molecule has 23 heavy (non-hydrogen) atoms. The molecule has 118 valence electrons. The highest BCUT2D eigenvalue weighted by molar-refractivity contribution is 8.05. The van der Waals surface area contributed by atoms with Gasteiger partial charge in [-0.3, -0.25) is 20.2 Å². The minimum atomic E-state index is -0.477.